The Morgan fingerprint density at radius 3 is 2.54 bits per heavy atom. The van der Waals surface area contributed by atoms with E-state index in [-0.39, 0.29) is 12.1 Å². The first-order chi connectivity index (χ1) is 11.7. The summed E-state index contributed by atoms with van der Waals surface area (Å²) in [7, 11) is 0. The molecule has 0 aromatic heterocycles. The molecule has 2 aromatic rings. The summed E-state index contributed by atoms with van der Waals surface area (Å²) in [5, 5.41) is 13.6. The number of amides is 1. The molecule has 24 heavy (non-hydrogen) atoms. The van der Waals surface area contributed by atoms with Crippen LogP contribution in [-0.2, 0) is 4.79 Å². The highest BCUT2D eigenvalue weighted by Crippen LogP contribution is 2.42. The summed E-state index contributed by atoms with van der Waals surface area (Å²) in [5.41, 5.74) is 4.21. The summed E-state index contributed by atoms with van der Waals surface area (Å²) in [4.78, 5) is 12.7. The topological polar surface area (TPSA) is 56.7 Å². The molecule has 2 aliphatic heterocycles. The van der Waals surface area contributed by atoms with E-state index in [2.05, 4.69) is 34.8 Å². The van der Waals surface area contributed by atoms with Crippen LogP contribution in [0.4, 0.5) is 5.69 Å². The minimum absolute atomic E-state index is 0.0399. The van der Waals surface area contributed by atoms with E-state index in [4.69, 9.17) is 0 Å². The molecule has 0 spiro atoms. The molecule has 2 atom stereocenters. The van der Waals surface area contributed by atoms with Gasteiger partial charge in [-0.05, 0) is 30.4 Å². The number of fused-ring (bicyclic) bond motifs is 3. The lowest BCUT2D eigenvalue weighted by molar-refractivity contribution is -0.127. The van der Waals surface area contributed by atoms with Crippen LogP contribution >= 0.6 is 11.8 Å². The number of amidine groups is 1. The number of benzene rings is 2. The van der Waals surface area contributed by atoms with Gasteiger partial charge in [0.15, 0.2) is 11.2 Å². The number of carbonyl (C=O) groups is 1. The molecule has 0 saturated heterocycles. The zero-order valence-electron chi connectivity index (χ0n) is 13.5. The first-order valence-corrected chi connectivity index (χ1v) is 9.04. The third kappa shape index (κ3) is 2.34. The molecule has 4 rings (SSSR count). The summed E-state index contributed by atoms with van der Waals surface area (Å²) in [6, 6.07) is 15.7. The fourth-order valence-electron chi connectivity index (χ4n) is 3.26. The number of thioether (sulfide) groups is 1. The van der Waals surface area contributed by atoms with Crippen molar-refractivity contribution in [3.05, 3.63) is 65.2 Å². The number of nitrogens with one attached hydrogen (secondary N) is 2. The van der Waals surface area contributed by atoms with Gasteiger partial charge in [0.25, 0.3) is 5.91 Å². The fraction of sp³-hybridized carbons (Fsp3) is 0.222. The number of hydrazone groups is 1. The van der Waals surface area contributed by atoms with E-state index in [1.807, 2.05) is 47.7 Å². The molecule has 2 aromatic carbocycles. The maximum Gasteiger partial charge on any atom is 0.255 e. The number of anilines is 1. The molecule has 0 saturated carbocycles. The van der Waals surface area contributed by atoms with Crippen LogP contribution in [0.2, 0.25) is 0 Å². The molecule has 2 aliphatic rings. The molecule has 122 valence electrons. The van der Waals surface area contributed by atoms with E-state index in [0.717, 1.165) is 16.8 Å². The Labute approximate surface area is 145 Å². The van der Waals surface area contributed by atoms with Gasteiger partial charge >= 0.3 is 0 Å². The number of aryl methyl sites for hydroxylation is 1. The van der Waals surface area contributed by atoms with Crippen LogP contribution in [0.15, 0.2) is 53.6 Å². The van der Waals surface area contributed by atoms with E-state index >= 15 is 0 Å². The molecular formula is C18H18N4OS. The van der Waals surface area contributed by atoms with Crippen molar-refractivity contribution in [2.24, 2.45) is 5.10 Å². The van der Waals surface area contributed by atoms with Gasteiger partial charge in [0.1, 0.15) is 6.17 Å². The van der Waals surface area contributed by atoms with Gasteiger partial charge in [-0.2, -0.15) is 0 Å². The minimum atomic E-state index is -0.428. The van der Waals surface area contributed by atoms with Gasteiger partial charge in [-0.1, -0.05) is 54.2 Å². The highest BCUT2D eigenvalue weighted by Gasteiger charge is 2.42. The summed E-state index contributed by atoms with van der Waals surface area (Å²) < 4.78 is 0. The summed E-state index contributed by atoms with van der Waals surface area (Å²) in [6.07, 6.45) is 1.73. The second-order valence-electron chi connectivity index (χ2n) is 5.87. The molecular weight excluding hydrogens is 320 g/mol. The molecule has 0 aliphatic carbocycles. The Morgan fingerprint density at radius 1 is 1.08 bits per heavy atom. The van der Waals surface area contributed by atoms with Gasteiger partial charge in [-0.3, -0.25) is 9.80 Å². The Hall–Kier alpha value is -2.47. The fourth-order valence-corrected chi connectivity index (χ4v) is 3.64. The van der Waals surface area contributed by atoms with E-state index in [9.17, 15) is 4.79 Å². The Bertz CT molecular complexity index is 835. The normalized spacial score (nSPS) is 22.0. The lowest BCUT2D eigenvalue weighted by atomic mass is 9.96. The van der Waals surface area contributed by atoms with E-state index in [1.54, 1.807) is 0 Å². The molecule has 1 amide bonds. The van der Waals surface area contributed by atoms with Crippen LogP contribution in [0, 0.1) is 6.92 Å². The van der Waals surface area contributed by atoms with Crippen LogP contribution in [0.1, 0.15) is 28.9 Å². The third-order valence-corrected chi connectivity index (χ3v) is 5.01. The Kier molecular flexibility index (Phi) is 3.69. The summed E-state index contributed by atoms with van der Waals surface area (Å²) >= 11 is 1.44. The largest absolute Gasteiger partial charge is 0.360 e. The smallest absolute Gasteiger partial charge is 0.255 e. The SMILES string of the molecule is CSC1=NN2[C@@H](c3ccccc3C)Nc3ccccc3[C@@H]2C(=O)N1. The number of rotatable bonds is 1. The molecule has 6 heteroatoms. The monoisotopic (exact) mass is 338 g/mol. The predicted molar refractivity (Wildman–Crippen MR) is 97.7 cm³/mol. The van der Waals surface area contributed by atoms with Crippen LogP contribution in [-0.4, -0.2) is 22.3 Å². The highest BCUT2D eigenvalue weighted by atomic mass is 32.2. The average molecular weight is 338 g/mol. The van der Waals surface area contributed by atoms with Gasteiger partial charge in [0.05, 0.1) is 0 Å². The van der Waals surface area contributed by atoms with Crippen molar-refractivity contribution in [1.29, 1.82) is 0 Å². The summed E-state index contributed by atoms with van der Waals surface area (Å²) in [6.45, 7) is 2.08. The van der Waals surface area contributed by atoms with Crippen molar-refractivity contribution in [3.63, 3.8) is 0 Å². The maximum atomic E-state index is 12.7. The number of para-hydroxylation sites is 1. The highest BCUT2D eigenvalue weighted by molar-refractivity contribution is 8.13. The van der Waals surface area contributed by atoms with E-state index in [1.165, 1.54) is 17.3 Å². The second-order valence-corrected chi connectivity index (χ2v) is 6.67. The van der Waals surface area contributed by atoms with E-state index < -0.39 is 6.04 Å². The van der Waals surface area contributed by atoms with Crippen molar-refractivity contribution < 1.29 is 4.79 Å². The lowest BCUT2D eigenvalue weighted by Crippen LogP contribution is -2.50. The Balaban J connectivity index is 1.89. The first kappa shape index (κ1) is 15.1. The number of carbonyl (C=O) groups excluding carboxylic acids is 1. The van der Waals surface area contributed by atoms with Gasteiger partial charge in [0, 0.05) is 11.3 Å². The van der Waals surface area contributed by atoms with E-state index in [0.29, 0.717) is 5.17 Å². The van der Waals surface area contributed by atoms with Crippen LogP contribution in [0.25, 0.3) is 0 Å². The van der Waals surface area contributed by atoms with Crippen LogP contribution in [0.5, 0.6) is 0 Å². The summed E-state index contributed by atoms with van der Waals surface area (Å²) in [5.74, 6) is -0.0399. The molecule has 0 radical (unpaired) electrons. The number of hydrogen-bond acceptors (Lipinski definition) is 5. The quantitative estimate of drug-likeness (QED) is 0.838. The average Bonchev–Trinajstić information content (AvgIpc) is 2.61. The molecule has 2 heterocycles. The molecule has 2 N–H and O–H groups in total. The maximum absolute atomic E-state index is 12.7. The Morgan fingerprint density at radius 2 is 1.79 bits per heavy atom. The first-order valence-electron chi connectivity index (χ1n) is 7.82. The van der Waals surface area contributed by atoms with Crippen LogP contribution in [0.3, 0.4) is 0 Å². The number of hydrogen-bond donors (Lipinski definition) is 2. The minimum Gasteiger partial charge on any atom is -0.360 e. The van der Waals surface area contributed by atoms with Crippen molar-refractivity contribution in [2.45, 2.75) is 19.1 Å². The molecule has 0 unspecified atom stereocenters. The zero-order valence-corrected chi connectivity index (χ0v) is 14.3. The van der Waals surface area contributed by atoms with Crippen molar-refractivity contribution in [2.75, 3.05) is 11.6 Å². The molecule has 5 nitrogen and oxygen atoms in total. The molecule has 0 fully saturated rings. The lowest BCUT2D eigenvalue weighted by Gasteiger charge is -2.44. The third-order valence-electron chi connectivity index (χ3n) is 4.44. The number of nitrogens with zero attached hydrogens (tertiary/aromatic N) is 2. The van der Waals surface area contributed by atoms with Crippen molar-refractivity contribution in [3.8, 4) is 0 Å². The van der Waals surface area contributed by atoms with Gasteiger partial charge in [-0.25, -0.2) is 0 Å². The van der Waals surface area contributed by atoms with Crippen LogP contribution < -0.4 is 10.6 Å². The second kappa shape index (κ2) is 5.87. The molecule has 0 bridgehead atoms. The van der Waals surface area contributed by atoms with Gasteiger partial charge in [0.2, 0.25) is 0 Å². The van der Waals surface area contributed by atoms with Gasteiger partial charge < -0.3 is 10.6 Å². The van der Waals surface area contributed by atoms with Crippen molar-refractivity contribution >= 4 is 28.5 Å². The predicted octanol–water partition coefficient (Wildman–Crippen LogP) is 3.23. The standard InChI is InChI=1S/C18H18N4OS/c1-11-7-3-4-8-12(11)16-19-14-10-6-5-9-13(14)15-17(23)20-18(24-2)21-22(15)16/h3-10,15-16,19H,1-2H3,(H,20,21,23)/t15-,16+/m1/s1. The van der Waals surface area contributed by atoms with Gasteiger partial charge in [-0.15, -0.1) is 5.10 Å². The zero-order chi connectivity index (χ0) is 16.7. The van der Waals surface area contributed by atoms with Crippen molar-refractivity contribution in [1.82, 2.24) is 10.3 Å².